The fourth-order valence-corrected chi connectivity index (χ4v) is 3.67. The highest BCUT2D eigenvalue weighted by Crippen LogP contribution is 2.31. The number of hydrogen-bond acceptors (Lipinski definition) is 4. The van der Waals surface area contributed by atoms with Gasteiger partial charge in [0.05, 0.1) is 39.1 Å². The van der Waals surface area contributed by atoms with Gasteiger partial charge in [0, 0.05) is 29.8 Å². The molecule has 0 bridgehead atoms. The fraction of sp³-hybridized carbons (Fsp3) is 0.105. The number of nitrogens with one attached hydrogen (secondary N) is 1. The lowest BCUT2D eigenvalue weighted by Gasteiger charge is -2.09. The highest BCUT2D eigenvalue weighted by atomic mass is 32.2. The Morgan fingerprint density at radius 3 is 2.85 bits per heavy atom. The van der Waals surface area contributed by atoms with Crippen LogP contribution in [0.25, 0.3) is 33.1 Å². The molecule has 1 N–H and O–H groups in total. The van der Waals surface area contributed by atoms with Gasteiger partial charge in [0.2, 0.25) is 0 Å². The van der Waals surface area contributed by atoms with Crippen molar-refractivity contribution in [1.82, 2.24) is 14.8 Å². The molecule has 0 aliphatic rings. The molecule has 5 nitrogen and oxygen atoms in total. The van der Waals surface area contributed by atoms with E-state index < -0.39 is 11.2 Å². The molecule has 0 aliphatic carbocycles. The summed E-state index contributed by atoms with van der Waals surface area (Å²) in [7, 11) is 1.76. The van der Waals surface area contributed by atoms with Crippen LogP contribution in [0.5, 0.6) is 0 Å². The average molecular weight is 364 g/mol. The number of thioether (sulfide) groups is 1. The molecule has 0 atom stereocenters. The summed E-state index contributed by atoms with van der Waals surface area (Å²) in [5.41, 5.74) is 2.08. The van der Waals surface area contributed by atoms with E-state index in [2.05, 4.69) is 16.2 Å². The zero-order valence-corrected chi connectivity index (χ0v) is 14.8. The maximum absolute atomic E-state index is 14.8. The molecule has 2 aromatic carbocycles. The molecule has 0 saturated heterocycles. The van der Waals surface area contributed by atoms with E-state index in [-0.39, 0.29) is 5.39 Å². The van der Waals surface area contributed by atoms with Crippen LogP contribution in [0, 0.1) is 17.1 Å². The maximum Gasteiger partial charge on any atom is 0.193 e. The SMILES string of the molecule is CSc1ccc(C#N)cc1-c1cc(=O)c2c(F)c3c[nH]n(C)c3cc2n1. The van der Waals surface area contributed by atoms with Crippen molar-refractivity contribution in [2.45, 2.75) is 4.90 Å². The first-order valence-electron chi connectivity index (χ1n) is 7.79. The van der Waals surface area contributed by atoms with Gasteiger partial charge < -0.3 is 5.10 Å². The summed E-state index contributed by atoms with van der Waals surface area (Å²) in [5.74, 6) is -0.575. The smallest absolute Gasteiger partial charge is 0.193 e. The number of H-pyrrole nitrogens is 1. The van der Waals surface area contributed by atoms with Crippen LogP contribution in [-0.2, 0) is 7.05 Å². The number of rotatable bonds is 2. The van der Waals surface area contributed by atoms with Gasteiger partial charge in [-0.3, -0.25) is 9.48 Å². The van der Waals surface area contributed by atoms with Crippen molar-refractivity contribution in [3.8, 4) is 17.3 Å². The zero-order valence-electron chi connectivity index (χ0n) is 14.0. The average Bonchev–Trinajstić information content (AvgIpc) is 3.02. The minimum absolute atomic E-state index is 0.0250. The topological polar surface area (TPSA) is 74.5 Å². The van der Waals surface area contributed by atoms with Gasteiger partial charge in [-0.1, -0.05) is 0 Å². The van der Waals surface area contributed by atoms with Crippen molar-refractivity contribution in [3.63, 3.8) is 0 Å². The monoisotopic (exact) mass is 364 g/mol. The van der Waals surface area contributed by atoms with Gasteiger partial charge >= 0.3 is 0 Å². The number of aromatic amines is 1. The van der Waals surface area contributed by atoms with Crippen LogP contribution in [0.1, 0.15) is 5.56 Å². The summed E-state index contributed by atoms with van der Waals surface area (Å²) in [6.07, 6.45) is 3.44. The summed E-state index contributed by atoms with van der Waals surface area (Å²) >= 11 is 1.50. The molecule has 0 spiro atoms. The molecule has 128 valence electrons. The van der Waals surface area contributed by atoms with Gasteiger partial charge in [-0.15, -0.1) is 11.8 Å². The first-order chi connectivity index (χ1) is 12.5. The summed E-state index contributed by atoms with van der Waals surface area (Å²) in [5, 5.41) is 12.4. The third kappa shape index (κ3) is 2.38. The molecule has 0 fully saturated rings. The Morgan fingerprint density at radius 1 is 1.31 bits per heavy atom. The molecule has 0 unspecified atom stereocenters. The predicted molar refractivity (Wildman–Crippen MR) is 101 cm³/mol. The minimum atomic E-state index is -0.575. The van der Waals surface area contributed by atoms with Crippen LogP contribution >= 0.6 is 11.8 Å². The van der Waals surface area contributed by atoms with E-state index in [0.29, 0.717) is 33.2 Å². The molecule has 4 aromatic rings. The molecule has 0 aliphatic heterocycles. The van der Waals surface area contributed by atoms with E-state index in [1.54, 1.807) is 29.9 Å². The van der Waals surface area contributed by atoms with Crippen LogP contribution < -0.4 is 5.43 Å². The van der Waals surface area contributed by atoms with Gasteiger partial charge in [-0.25, -0.2) is 9.37 Å². The standard InChI is InChI=1S/C19H13FN4OS/c1-24-15-6-14-18(19(20)12(15)9-22-24)16(25)7-13(23-14)11-5-10(8-21)3-4-17(11)26-2/h3-7,9,22H,1-2H3. The largest absolute Gasteiger partial charge is 0.305 e. The molecule has 2 aromatic heterocycles. The van der Waals surface area contributed by atoms with Gasteiger partial charge in [-0.2, -0.15) is 5.26 Å². The molecular weight excluding hydrogens is 351 g/mol. The van der Waals surface area contributed by atoms with Crippen LogP contribution in [0.15, 0.2) is 46.2 Å². The second kappa shape index (κ2) is 6.00. The van der Waals surface area contributed by atoms with Crippen LogP contribution in [0.4, 0.5) is 4.39 Å². The number of nitriles is 1. The van der Waals surface area contributed by atoms with Crippen molar-refractivity contribution in [2.75, 3.05) is 6.26 Å². The van der Waals surface area contributed by atoms with E-state index in [1.165, 1.54) is 24.0 Å². The van der Waals surface area contributed by atoms with Crippen LogP contribution in [0.3, 0.4) is 0 Å². The summed E-state index contributed by atoms with van der Waals surface area (Å²) in [6.45, 7) is 0. The lowest BCUT2D eigenvalue weighted by Crippen LogP contribution is -2.06. The third-order valence-corrected chi connectivity index (χ3v) is 5.18. The third-order valence-electron chi connectivity index (χ3n) is 4.39. The Kier molecular flexibility index (Phi) is 3.78. The molecular formula is C19H13FN4OS. The highest BCUT2D eigenvalue weighted by molar-refractivity contribution is 7.98. The molecule has 0 radical (unpaired) electrons. The number of pyridine rings is 1. The molecule has 4 rings (SSSR count). The first-order valence-corrected chi connectivity index (χ1v) is 9.02. The zero-order chi connectivity index (χ0) is 18.4. The second-order valence-electron chi connectivity index (χ2n) is 5.88. The first kappa shape index (κ1) is 16.4. The van der Waals surface area contributed by atoms with Crippen molar-refractivity contribution in [3.05, 3.63) is 58.1 Å². The Balaban J connectivity index is 2.08. The number of benzene rings is 2. The summed E-state index contributed by atoms with van der Waals surface area (Å²) in [4.78, 5) is 18.1. The van der Waals surface area contributed by atoms with Crippen molar-refractivity contribution >= 4 is 33.6 Å². The molecule has 0 amide bonds. The molecule has 2 heterocycles. The Bertz CT molecular complexity index is 1280. The number of hydrogen-bond donors (Lipinski definition) is 1. The predicted octanol–water partition coefficient (Wildman–Crippen LogP) is 3.81. The van der Waals surface area contributed by atoms with Crippen molar-refractivity contribution < 1.29 is 4.39 Å². The van der Waals surface area contributed by atoms with E-state index in [9.17, 15) is 9.18 Å². The van der Waals surface area contributed by atoms with E-state index in [0.717, 1.165) is 4.90 Å². The van der Waals surface area contributed by atoms with Crippen LogP contribution in [0.2, 0.25) is 0 Å². The molecule has 0 saturated carbocycles. The second-order valence-corrected chi connectivity index (χ2v) is 6.73. The van der Waals surface area contributed by atoms with Crippen LogP contribution in [-0.4, -0.2) is 21.0 Å². The number of nitrogens with zero attached hydrogens (tertiary/aromatic N) is 3. The number of aromatic nitrogens is 3. The molecule has 26 heavy (non-hydrogen) atoms. The Hall–Kier alpha value is -3.11. The van der Waals surface area contributed by atoms with Gasteiger partial charge in [-0.05, 0) is 30.5 Å². The Morgan fingerprint density at radius 2 is 2.12 bits per heavy atom. The minimum Gasteiger partial charge on any atom is -0.305 e. The molecule has 7 heteroatoms. The van der Waals surface area contributed by atoms with Crippen molar-refractivity contribution in [2.24, 2.45) is 7.05 Å². The normalized spacial score (nSPS) is 11.2. The van der Waals surface area contributed by atoms with Gasteiger partial charge in [0.25, 0.3) is 0 Å². The number of fused-ring (bicyclic) bond motifs is 2. The Labute approximate surface area is 152 Å². The van der Waals surface area contributed by atoms with E-state index in [1.807, 2.05) is 12.3 Å². The maximum atomic E-state index is 14.8. The van der Waals surface area contributed by atoms with Crippen molar-refractivity contribution in [1.29, 1.82) is 5.26 Å². The summed E-state index contributed by atoms with van der Waals surface area (Å²) in [6, 6.07) is 10.4. The fourth-order valence-electron chi connectivity index (χ4n) is 3.08. The highest BCUT2D eigenvalue weighted by Gasteiger charge is 2.16. The lowest BCUT2D eigenvalue weighted by molar-refractivity contribution is 0.650. The van der Waals surface area contributed by atoms with Gasteiger partial charge in [0.1, 0.15) is 5.82 Å². The number of halogens is 1. The lowest BCUT2D eigenvalue weighted by atomic mass is 10.1. The van der Waals surface area contributed by atoms with Gasteiger partial charge in [0.15, 0.2) is 5.43 Å². The quantitative estimate of drug-likeness (QED) is 0.549. The van der Waals surface area contributed by atoms with E-state index >= 15 is 0 Å². The van der Waals surface area contributed by atoms with E-state index in [4.69, 9.17) is 5.26 Å². The number of aryl methyl sites for hydroxylation is 1. The summed E-state index contributed by atoms with van der Waals surface area (Å²) < 4.78 is 16.5.